The van der Waals surface area contributed by atoms with Crippen molar-refractivity contribution in [3.8, 4) is 0 Å². The lowest BCUT2D eigenvalue weighted by atomic mass is 10.1. The molecule has 4 rings (SSSR count). The SMILES string of the molecule is O=C1c2ccccc2C(=O)N1OCc1ccc(CN2CCCC2)cc1. The molecule has 2 aromatic rings. The van der Waals surface area contributed by atoms with Gasteiger partial charge in [-0.05, 0) is 49.2 Å². The number of likely N-dealkylation sites (tertiary alicyclic amines) is 1. The number of carbonyl (C=O) groups is 2. The van der Waals surface area contributed by atoms with E-state index in [0.29, 0.717) is 11.1 Å². The average Bonchev–Trinajstić information content (AvgIpc) is 3.23. The van der Waals surface area contributed by atoms with Gasteiger partial charge >= 0.3 is 0 Å². The lowest BCUT2D eigenvalue weighted by molar-refractivity contribution is -0.101. The average molecular weight is 336 g/mol. The van der Waals surface area contributed by atoms with Crippen molar-refractivity contribution in [2.24, 2.45) is 0 Å². The zero-order valence-electron chi connectivity index (χ0n) is 14.0. The molecule has 2 aliphatic heterocycles. The fourth-order valence-electron chi connectivity index (χ4n) is 3.36. The minimum atomic E-state index is -0.397. The first-order valence-corrected chi connectivity index (χ1v) is 8.63. The van der Waals surface area contributed by atoms with Crippen molar-refractivity contribution in [3.05, 3.63) is 70.8 Å². The largest absolute Gasteiger partial charge is 0.299 e. The van der Waals surface area contributed by atoms with Gasteiger partial charge in [0.25, 0.3) is 11.8 Å². The van der Waals surface area contributed by atoms with Crippen molar-refractivity contribution in [2.45, 2.75) is 26.0 Å². The number of imide groups is 1. The summed E-state index contributed by atoms with van der Waals surface area (Å²) in [6, 6.07) is 14.9. The third kappa shape index (κ3) is 3.21. The van der Waals surface area contributed by atoms with Crippen LogP contribution in [0.25, 0.3) is 0 Å². The van der Waals surface area contributed by atoms with E-state index >= 15 is 0 Å². The number of hydrogen-bond acceptors (Lipinski definition) is 4. The fraction of sp³-hybridized carbons (Fsp3) is 0.300. The molecular weight excluding hydrogens is 316 g/mol. The summed E-state index contributed by atoms with van der Waals surface area (Å²) in [7, 11) is 0. The minimum Gasteiger partial charge on any atom is -0.299 e. The first-order valence-electron chi connectivity index (χ1n) is 8.63. The monoisotopic (exact) mass is 336 g/mol. The van der Waals surface area contributed by atoms with Crippen molar-refractivity contribution in [3.63, 3.8) is 0 Å². The zero-order valence-corrected chi connectivity index (χ0v) is 14.0. The molecule has 0 atom stereocenters. The highest BCUT2D eigenvalue weighted by Gasteiger charge is 2.36. The second kappa shape index (κ2) is 6.78. The van der Waals surface area contributed by atoms with Crippen molar-refractivity contribution >= 4 is 11.8 Å². The molecule has 5 heteroatoms. The van der Waals surface area contributed by atoms with Gasteiger partial charge in [-0.1, -0.05) is 36.4 Å². The smallest absolute Gasteiger partial charge is 0.285 e. The zero-order chi connectivity index (χ0) is 17.2. The minimum absolute atomic E-state index is 0.190. The number of carbonyl (C=O) groups excluding carboxylic acids is 2. The molecule has 0 saturated carbocycles. The van der Waals surface area contributed by atoms with Crippen LogP contribution in [0.2, 0.25) is 0 Å². The molecule has 0 N–H and O–H groups in total. The van der Waals surface area contributed by atoms with Crippen molar-refractivity contribution < 1.29 is 14.4 Å². The maximum atomic E-state index is 12.3. The summed E-state index contributed by atoms with van der Waals surface area (Å²) in [5.41, 5.74) is 3.00. The Bertz CT molecular complexity index is 760. The van der Waals surface area contributed by atoms with E-state index in [9.17, 15) is 9.59 Å². The second-order valence-corrected chi connectivity index (χ2v) is 6.52. The Morgan fingerprint density at radius 3 is 1.96 bits per heavy atom. The molecular formula is C20H20N2O3. The van der Waals surface area contributed by atoms with Crippen LogP contribution in [0.3, 0.4) is 0 Å². The van der Waals surface area contributed by atoms with Gasteiger partial charge in [0, 0.05) is 6.54 Å². The van der Waals surface area contributed by atoms with E-state index in [1.165, 1.54) is 31.5 Å². The molecule has 2 aliphatic rings. The summed E-state index contributed by atoms with van der Waals surface area (Å²) in [4.78, 5) is 32.4. The Hall–Kier alpha value is -2.50. The van der Waals surface area contributed by atoms with Gasteiger partial charge in [-0.25, -0.2) is 0 Å². The Morgan fingerprint density at radius 2 is 1.36 bits per heavy atom. The van der Waals surface area contributed by atoms with Gasteiger partial charge in [-0.3, -0.25) is 19.3 Å². The summed E-state index contributed by atoms with van der Waals surface area (Å²) in [6.07, 6.45) is 2.57. The van der Waals surface area contributed by atoms with Gasteiger partial charge in [0.2, 0.25) is 0 Å². The third-order valence-corrected chi connectivity index (χ3v) is 4.74. The number of fused-ring (bicyclic) bond motifs is 1. The number of nitrogens with zero attached hydrogens (tertiary/aromatic N) is 2. The van der Waals surface area contributed by atoms with Gasteiger partial charge in [0.15, 0.2) is 0 Å². The van der Waals surface area contributed by atoms with Crippen LogP contribution in [-0.4, -0.2) is 34.9 Å². The number of rotatable bonds is 5. The van der Waals surface area contributed by atoms with Gasteiger partial charge < -0.3 is 0 Å². The Morgan fingerprint density at radius 1 is 0.800 bits per heavy atom. The molecule has 0 bridgehead atoms. The molecule has 2 heterocycles. The summed E-state index contributed by atoms with van der Waals surface area (Å²) in [5.74, 6) is -0.794. The highest BCUT2D eigenvalue weighted by Crippen LogP contribution is 2.23. The third-order valence-electron chi connectivity index (χ3n) is 4.74. The van der Waals surface area contributed by atoms with Gasteiger partial charge in [-0.15, -0.1) is 5.06 Å². The van der Waals surface area contributed by atoms with Crippen LogP contribution in [0.5, 0.6) is 0 Å². The van der Waals surface area contributed by atoms with E-state index in [0.717, 1.165) is 17.2 Å². The molecule has 1 fully saturated rings. The van der Waals surface area contributed by atoms with Gasteiger partial charge in [0.1, 0.15) is 6.61 Å². The fourth-order valence-corrected chi connectivity index (χ4v) is 3.36. The number of benzene rings is 2. The van der Waals surface area contributed by atoms with Crippen molar-refractivity contribution in [2.75, 3.05) is 13.1 Å². The highest BCUT2D eigenvalue weighted by molar-refractivity contribution is 6.20. The lowest BCUT2D eigenvalue weighted by Gasteiger charge is -2.15. The van der Waals surface area contributed by atoms with Crippen LogP contribution in [0.4, 0.5) is 0 Å². The van der Waals surface area contributed by atoms with E-state index in [1.54, 1.807) is 24.3 Å². The predicted octanol–water partition coefficient (Wildman–Crippen LogP) is 3.01. The molecule has 2 amide bonds. The normalized spacial score (nSPS) is 17.4. The molecule has 5 nitrogen and oxygen atoms in total. The molecule has 0 radical (unpaired) electrons. The number of hydroxylamine groups is 2. The summed E-state index contributed by atoms with van der Waals surface area (Å²) < 4.78 is 0. The standard InChI is InChI=1S/C20H20N2O3/c23-19-17-5-1-2-6-18(17)20(24)22(19)25-14-16-9-7-15(8-10-16)13-21-11-3-4-12-21/h1-2,5-10H,3-4,11-14H2. The summed E-state index contributed by atoms with van der Waals surface area (Å²) >= 11 is 0. The first kappa shape index (κ1) is 16.0. The summed E-state index contributed by atoms with van der Waals surface area (Å²) in [5, 5.41) is 0.864. The van der Waals surface area contributed by atoms with Crippen LogP contribution in [0, 0.1) is 0 Å². The number of amides is 2. The first-order chi connectivity index (χ1) is 12.2. The van der Waals surface area contributed by atoms with E-state index in [2.05, 4.69) is 17.0 Å². The Labute approximate surface area is 146 Å². The molecule has 2 aromatic carbocycles. The van der Waals surface area contributed by atoms with Crippen LogP contribution in [-0.2, 0) is 18.0 Å². The Kier molecular flexibility index (Phi) is 4.34. The topological polar surface area (TPSA) is 49.9 Å². The molecule has 0 unspecified atom stereocenters. The second-order valence-electron chi connectivity index (χ2n) is 6.52. The van der Waals surface area contributed by atoms with Crippen LogP contribution < -0.4 is 0 Å². The Balaban J connectivity index is 1.37. The quantitative estimate of drug-likeness (QED) is 0.788. The van der Waals surface area contributed by atoms with Crippen LogP contribution >= 0.6 is 0 Å². The molecule has 1 saturated heterocycles. The highest BCUT2D eigenvalue weighted by atomic mass is 16.7. The predicted molar refractivity (Wildman–Crippen MR) is 92.7 cm³/mol. The lowest BCUT2D eigenvalue weighted by Crippen LogP contribution is -2.29. The van der Waals surface area contributed by atoms with E-state index in [-0.39, 0.29) is 6.61 Å². The van der Waals surface area contributed by atoms with Crippen molar-refractivity contribution in [1.29, 1.82) is 0 Å². The molecule has 128 valence electrons. The van der Waals surface area contributed by atoms with Gasteiger partial charge in [-0.2, -0.15) is 0 Å². The van der Waals surface area contributed by atoms with E-state index in [4.69, 9.17) is 4.84 Å². The van der Waals surface area contributed by atoms with Crippen molar-refractivity contribution in [1.82, 2.24) is 9.96 Å². The van der Waals surface area contributed by atoms with Gasteiger partial charge in [0.05, 0.1) is 11.1 Å². The maximum absolute atomic E-state index is 12.3. The number of hydrogen-bond donors (Lipinski definition) is 0. The van der Waals surface area contributed by atoms with Crippen LogP contribution in [0.1, 0.15) is 44.7 Å². The molecule has 0 spiro atoms. The van der Waals surface area contributed by atoms with Crippen LogP contribution in [0.15, 0.2) is 48.5 Å². The van der Waals surface area contributed by atoms with E-state index < -0.39 is 11.8 Å². The summed E-state index contributed by atoms with van der Waals surface area (Å²) in [6.45, 7) is 3.50. The van der Waals surface area contributed by atoms with E-state index in [1.807, 2.05) is 12.1 Å². The molecule has 0 aliphatic carbocycles. The maximum Gasteiger partial charge on any atom is 0.285 e. The molecule has 25 heavy (non-hydrogen) atoms. The molecule has 0 aromatic heterocycles.